The number of nitrogens with one attached hydrogen (secondary N) is 1. The Hall–Kier alpha value is -4.53. The third kappa shape index (κ3) is 5.57. The topological polar surface area (TPSA) is 103 Å². The number of alkyl halides is 3. The van der Waals surface area contributed by atoms with Crippen LogP contribution in [0.3, 0.4) is 0 Å². The zero-order valence-corrected chi connectivity index (χ0v) is 26.3. The Morgan fingerprint density at radius 3 is 2.69 bits per heavy atom. The molecule has 1 fully saturated rings. The number of nitrogens with zero attached hydrogens (tertiary/aromatic N) is 6. The summed E-state index contributed by atoms with van der Waals surface area (Å²) in [5.41, 5.74) is 3.73. The second-order valence-corrected chi connectivity index (χ2v) is 12.6. The largest absolute Gasteiger partial charge is 0.451 e. The van der Waals surface area contributed by atoms with Crippen LogP contribution >= 0.6 is 11.6 Å². The second-order valence-electron chi connectivity index (χ2n) is 12.1. The molecule has 6 heterocycles. The molecule has 0 unspecified atom stereocenters. The highest BCUT2D eigenvalue weighted by Gasteiger charge is 2.42. The van der Waals surface area contributed by atoms with Crippen molar-refractivity contribution < 1.29 is 31.8 Å². The van der Waals surface area contributed by atoms with Crippen molar-refractivity contribution in [1.29, 1.82) is 0 Å². The number of rotatable bonds is 7. The monoisotopic (exact) mass is 681 g/mol. The summed E-state index contributed by atoms with van der Waals surface area (Å²) in [6.45, 7) is 4.81. The number of aromatic nitrogens is 6. The summed E-state index contributed by atoms with van der Waals surface area (Å²) >= 11 is 5.97. The molecule has 0 aliphatic carbocycles. The Kier molecular flexibility index (Phi) is 7.42. The van der Waals surface area contributed by atoms with Gasteiger partial charge in [-0.3, -0.25) is 4.90 Å². The van der Waals surface area contributed by atoms with E-state index in [1.54, 1.807) is 31.2 Å². The van der Waals surface area contributed by atoms with Gasteiger partial charge in [0.15, 0.2) is 23.0 Å². The van der Waals surface area contributed by atoms with E-state index in [9.17, 15) is 17.6 Å². The number of benzene rings is 2. The van der Waals surface area contributed by atoms with Crippen LogP contribution in [0.2, 0.25) is 5.02 Å². The first-order valence-corrected chi connectivity index (χ1v) is 15.8. The van der Waals surface area contributed by atoms with E-state index in [-0.39, 0.29) is 22.5 Å². The number of halogens is 5. The lowest BCUT2D eigenvalue weighted by Crippen LogP contribution is -2.34. The maximum Gasteiger partial charge on any atom is 0.451 e. The van der Waals surface area contributed by atoms with Crippen LogP contribution in [0.1, 0.15) is 42.5 Å². The molecule has 248 valence electrons. The van der Waals surface area contributed by atoms with E-state index in [0.29, 0.717) is 60.9 Å². The lowest BCUT2D eigenvalue weighted by molar-refractivity contribution is -0.144. The first kappa shape index (κ1) is 30.8. The predicted molar refractivity (Wildman–Crippen MR) is 167 cm³/mol. The Balaban J connectivity index is 1.03. The Labute approximate surface area is 276 Å². The summed E-state index contributed by atoms with van der Waals surface area (Å²) in [6.07, 6.45) is 0.644. The van der Waals surface area contributed by atoms with E-state index in [4.69, 9.17) is 30.8 Å². The maximum absolute atomic E-state index is 14.9. The molecule has 10 nitrogen and oxygen atoms in total. The molecule has 2 atom stereocenters. The van der Waals surface area contributed by atoms with Gasteiger partial charge in [-0.1, -0.05) is 29.8 Å². The number of imidazole rings is 1. The van der Waals surface area contributed by atoms with Crippen LogP contribution in [0.4, 0.5) is 17.6 Å². The Bertz CT molecular complexity index is 2080. The molecule has 8 rings (SSSR count). The standard InChI is InChI=1S/C33H28ClF4N7O3/c1-32(23-6-5-20(34)14-24(23)35)47-26-4-2-3-22(28(26)48-32)18-7-10-44(11-8-18)17-27-40-25-13-19(29-41-31(43-42-29)33(36,37)38)15-39-30(25)45(27)16-21-9-12-46-21/h2-7,13-15,21H,8-12,16-17H2,1H3,(H,41,42,43)/t21-,32-/m0/s1. The molecular weight excluding hydrogens is 654 g/mol. The summed E-state index contributed by atoms with van der Waals surface area (Å²) < 4.78 is 74.3. The second kappa shape index (κ2) is 11.6. The van der Waals surface area contributed by atoms with Crippen LogP contribution in [0.5, 0.6) is 11.5 Å². The fraction of sp³-hybridized carbons (Fsp3) is 0.333. The predicted octanol–water partition coefficient (Wildman–Crippen LogP) is 6.75. The molecule has 3 aromatic heterocycles. The first-order chi connectivity index (χ1) is 23.0. The van der Waals surface area contributed by atoms with Crippen molar-refractivity contribution in [1.82, 2.24) is 34.6 Å². The van der Waals surface area contributed by atoms with Crippen molar-refractivity contribution in [2.45, 2.75) is 50.9 Å². The van der Waals surface area contributed by atoms with Gasteiger partial charge in [0.25, 0.3) is 5.79 Å². The van der Waals surface area contributed by atoms with E-state index >= 15 is 0 Å². The third-order valence-electron chi connectivity index (χ3n) is 8.88. The quantitative estimate of drug-likeness (QED) is 0.188. The minimum atomic E-state index is -4.64. The molecule has 3 aliphatic rings. The van der Waals surface area contributed by atoms with Gasteiger partial charge in [-0.15, -0.1) is 10.2 Å². The van der Waals surface area contributed by atoms with Gasteiger partial charge in [0.2, 0.25) is 5.82 Å². The summed E-state index contributed by atoms with van der Waals surface area (Å²) in [7, 11) is 0. The minimum absolute atomic E-state index is 0.0357. The fourth-order valence-corrected chi connectivity index (χ4v) is 6.46. The number of hydrogen-bond acceptors (Lipinski definition) is 8. The molecule has 0 saturated carbocycles. The number of hydrogen-bond donors (Lipinski definition) is 1. The van der Waals surface area contributed by atoms with Gasteiger partial charge in [-0.05, 0) is 48.7 Å². The van der Waals surface area contributed by atoms with Gasteiger partial charge in [0, 0.05) is 49.0 Å². The van der Waals surface area contributed by atoms with Gasteiger partial charge in [-0.2, -0.15) is 13.2 Å². The average molecular weight is 682 g/mol. The average Bonchev–Trinajstić information content (AvgIpc) is 3.74. The zero-order valence-electron chi connectivity index (χ0n) is 25.5. The fourth-order valence-electron chi connectivity index (χ4n) is 6.30. The third-order valence-corrected chi connectivity index (χ3v) is 9.11. The van der Waals surface area contributed by atoms with Crippen molar-refractivity contribution in [2.75, 3.05) is 19.7 Å². The van der Waals surface area contributed by atoms with Gasteiger partial charge in [0.1, 0.15) is 17.2 Å². The molecular formula is C33H28ClF4N7O3. The summed E-state index contributed by atoms with van der Waals surface area (Å²) in [5.74, 6) is -1.20. The smallest absolute Gasteiger partial charge is 0.444 e. The van der Waals surface area contributed by atoms with Crippen LogP contribution in [-0.4, -0.2) is 60.4 Å². The normalized spacial score (nSPS) is 21.0. The van der Waals surface area contributed by atoms with Crippen molar-refractivity contribution >= 4 is 28.3 Å². The van der Waals surface area contributed by atoms with E-state index in [0.717, 1.165) is 29.9 Å². The zero-order chi connectivity index (χ0) is 33.2. The molecule has 0 radical (unpaired) electrons. The number of fused-ring (bicyclic) bond motifs is 2. The number of H-pyrrole nitrogens is 1. The summed E-state index contributed by atoms with van der Waals surface area (Å²) in [4.78, 5) is 13.9. The van der Waals surface area contributed by atoms with Gasteiger partial charge in [0.05, 0.1) is 24.8 Å². The number of pyridine rings is 1. The van der Waals surface area contributed by atoms with Crippen LogP contribution in [-0.2, 0) is 29.8 Å². The van der Waals surface area contributed by atoms with Crippen molar-refractivity contribution in [3.63, 3.8) is 0 Å². The lowest BCUT2D eigenvalue weighted by atomic mass is 9.98. The maximum atomic E-state index is 14.9. The summed E-state index contributed by atoms with van der Waals surface area (Å²) in [6, 6.07) is 11.8. The minimum Gasteiger partial charge on any atom is -0.444 e. The molecule has 0 bridgehead atoms. The van der Waals surface area contributed by atoms with E-state index in [1.165, 1.54) is 12.3 Å². The molecule has 2 aromatic carbocycles. The highest BCUT2D eigenvalue weighted by molar-refractivity contribution is 6.30. The van der Waals surface area contributed by atoms with Crippen LogP contribution in [0.25, 0.3) is 28.1 Å². The van der Waals surface area contributed by atoms with E-state index in [2.05, 4.69) is 31.1 Å². The SMILES string of the molecule is C[C@]1(c2ccc(Cl)cc2F)Oc2cccc(C3=CCN(Cc4nc5cc(-c6nnc(C(F)(F)F)[nH]6)cnc5n4C[C@@H]4CCO4)CC3)c2O1. The number of para-hydroxylation sites is 1. The molecule has 3 aliphatic heterocycles. The molecule has 1 saturated heterocycles. The van der Waals surface area contributed by atoms with Crippen molar-refractivity contribution in [2.24, 2.45) is 0 Å². The molecule has 1 N–H and O–H groups in total. The molecule has 0 amide bonds. The first-order valence-electron chi connectivity index (χ1n) is 15.4. The highest BCUT2D eigenvalue weighted by atomic mass is 35.5. The van der Waals surface area contributed by atoms with Crippen molar-refractivity contribution in [3.8, 4) is 22.9 Å². The number of aromatic amines is 1. The van der Waals surface area contributed by atoms with Gasteiger partial charge >= 0.3 is 6.18 Å². The highest BCUT2D eigenvalue weighted by Crippen LogP contribution is 2.49. The Morgan fingerprint density at radius 2 is 1.98 bits per heavy atom. The molecule has 5 aromatic rings. The molecule has 0 spiro atoms. The van der Waals surface area contributed by atoms with Crippen LogP contribution < -0.4 is 9.47 Å². The molecule has 48 heavy (non-hydrogen) atoms. The number of ether oxygens (including phenoxy) is 3. The van der Waals surface area contributed by atoms with Crippen LogP contribution in [0, 0.1) is 5.82 Å². The van der Waals surface area contributed by atoms with E-state index < -0.39 is 23.6 Å². The van der Waals surface area contributed by atoms with Crippen LogP contribution in [0.15, 0.2) is 54.7 Å². The summed E-state index contributed by atoms with van der Waals surface area (Å²) in [5, 5.41) is 7.18. The Morgan fingerprint density at radius 1 is 1.12 bits per heavy atom. The van der Waals surface area contributed by atoms with E-state index in [1.807, 2.05) is 16.7 Å². The van der Waals surface area contributed by atoms with Crippen molar-refractivity contribution in [3.05, 3.63) is 88.4 Å². The molecule has 15 heteroatoms. The lowest BCUT2D eigenvalue weighted by Gasteiger charge is -2.29. The van der Waals surface area contributed by atoms with Gasteiger partial charge < -0.3 is 23.8 Å². The van der Waals surface area contributed by atoms with Gasteiger partial charge in [-0.25, -0.2) is 14.4 Å².